The second kappa shape index (κ2) is 6.01. The summed E-state index contributed by atoms with van der Waals surface area (Å²) in [5.74, 6) is 0.218. The average molecular weight is 313 g/mol. The molecule has 0 bridgehead atoms. The Kier molecular flexibility index (Phi) is 3.56. The quantitative estimate of drug-likeness (QED) is 0.567. The van der Waals surface area contributed by atoms with Gasteiger partial charge < -0.3 is 5.11 Å². The van der Waals surface area contributed by atoms with E-state index in [2.05, 4.69) is 9.98 Å². The van der Waals surface area contributed by atoms with Gasteiger partial charge in [0.1, 0.15) is 12.1 Å². The van der Waals surface area contributed by atoms with Crippen LogP contribution in [0.2, 0.25) is 0 Å². The summed E-state index contributed by atoms with van der Waals surface area (Å²) in [7, 11) is 0. The molecule has 0 aliphatic carbocycles. The number of aromatic hydroxyl groups is 1. The number of phenols is 1. The minimum Gasteiger partial charge on any atom is -0.507 e. The Labute approximate surface area is 139 Å². The number of imidazole rings is 1. The predicted octanol–water partition coefficient (Wildman–Crippen LogP) is 4.48. The van der Waals surface area contributed by atoms with E-state index in [-0.39, 0.29) is 5.75 Å². The third kappa shape index (κ3) is 2.65. The zero-order valence-electron chi connectivity index (χ0n) is 12.9. The number of rotatable bonds is 3. The maximum atomic E-state index is 9.78. The zero-order valence-corrected chi connectivity index (χ0v) is 12.9. The van der Waals surface area contributed by atoms with Crippen molar-refractivity contribution < 1.29 is 5.11 Å². The molecule has 3 aromatic carbocycles. The Balaban J connectivity index is 1.69. The maximum Gasteiger partial charge on any atom is 0.124 e. The van der Waals surface area contributed by atoms with Crippen LogP contribution in [-0.2, 0) is 0 Å². The first-order valence-corrected chi connectivity index (χ1v) is 7.66. The van der Waals surface area contributed by atoms with Crippen molar-refractivity contribution in [2.75, 3.05) is 0 Å². The molecule has 0 fully saturated rings. The lowest BCUT2D eigenvalue weighted by Gasteiger charge is -2.03. The molecule has 0 aliphatic heterocycles. The van der Waals surface area contributed by atoms with Crippen molar-refractivity contribution in [1.29, 1.82) is 0 Å². The van der Waals surface area contributed by atoms with Crippen molar-refractivity contribution in [3.8, 4) is 11.4 Å². The number of hydrogen-bond acceptors (Lipinski definition) is 3. The molecule has 0 amide bonds. The number of aliphatic imine (C=N–C) groups is 1. The van der Waals surface area contributed by atoms with Crippen LogP contribution in [-0.4, -0.2) is 20.9 Å². The highest BCUT2D eigenvalue weighted by atomic mass is 16.3. The van der Waals surface area contributed by atoms with Gasteiger partial charge in [-0.15, -0.1) is 0 Å². The summed E-state index contributed by atoms with van der Waals surface area (Å²) in [5, 5.41) is 9.78. The Hall–Kier alpha value is -3.40. The number of hydrogen-bond donors (Lipinski definition) is 1. The summed E-state index contributed by atoms with van der Waals surface area (Å²) in [5.41, 5.74) is 4.47. The Morgan fingerprint density at radius 1 is 0.917 bits per heavy atom. The molecule has 116 valence electrons. The topological polar surface area (TPSA) is 50.4 Å². The van der Waals surface area contributed by atoms with Gasteiger partial charge in [-0.05, 0) is 42.5 Å². The van der Waals surface area contributed by atoms with Crippen molar-refractivity contribution in [1.82, 2.24) is 9.55 Å². The first kappa shape index (κ1) is 14.2. The van der Waals surface area contributed by atoms with E-state index in [4.69, 9.17) is 0 Å². The van der Waals surface area contributed by atoms with E-state index < -0.39 is 0 Å². The van der Waals surface area contributed by atoms with Gasteiger partial charge in [0.15, 0.2) is 0 Å². The van der Waals surface area contributed by atoms with Gasteiger partial charge >= 0.3 is 0 Å². The smallest absolute Gasteiger partial charge is 0.124 e. The summed E-state index contributed by atoms with van der Waals surface area (Å²) in [6.07, 6.45) is 3.47. The molecular weight excluding hydrogens is 298 g/mol. The van der Waals surface area contributed by atoms with Gasteiger partial charge in [0.05, 0.1) is 16.7 Å². The molecule has 4 nitrogen and oxygen atoms in total. The third-order valence-corrected chi connectivity index (χ3v) is 3.85. The van der Waals surface area contributed by atoms with Gasteiger partial charge in [-0.1, -0.05) is 30.3 Å². The molecule has 0 atom stereocenters. The lowest BCUT2D eigenvalue weighted by atomic mass is 10.2. The van der Waals surface area contributed by atoms with Crippen molar-refractivity contribution in [3.63, 3.8) is 0 Å². The fourth-order valence-electron chi connectivity index (χ4n) is 2.62. The van der Waals surface area contributed by atoms with Crippen LogP contribution in [0.1, 0.15) is 5.56 Å². The second-order valence-electron chi connectivity index (χ2n) is 5.44. The van der Waals surface area contributed by atoms with Crippen molar-refractivity contribution >= 4 is 22.9 Å². The third-order valence-electron chi connectivity index (χ3n) is 3.85. The monoisotopic (exact) mass is 313 g/mol. The highest BCUT2D eigenvalue weighted by molar-refractivity contribution is 5.87. The van der Waals surface area contributed by atoms with Crippen LogP contribution in [0.3, 0.4) is 0 Å². The Morgan fingerprint density at radius 2 is 1.71 bits per heavy atom. The van der Waals surface area contributed by atoms with E-state index in [1.807, 2.05) is 71.6 Å². The van der Waals surface area contributed by atoms with Crippen molar-refractivity contribution in [2.24, 2.45) is 4.99 Å². The minimum absolute atomic E-state index is 0.218. The molecule has 1 heterocycles. The first-order valence-electron chi connectivity index (χ1n) is 7.66. The lowest BCUT2D eigenvalue weighted by molar-refractivity contribution is 0.474. The number of aromatic nitrogens is 2. The summed E-state index contributed by atoms with van der Waals surface area (Å²) in [6.45, 7) is 0. The summed E-state index contributed by atoms with van der Waals surface area (Å²) in [6, 6.07) is 23.1. The highest BCUT2D eigenvalue weighted by Gasteiger charge is 2.05. The number of nitrogens with zero attached hydrogens (tertiary/aromatic N) is 3. The van der Waals surface area contributed by atoms with Crippen LogP contribution < -0.4 is 0 Å². The SMILES string of the molecule is Oc1ccccc1C=Nc1ccc2c(c1)ncn2-c1ccccc1. The summed E-state index contributed by atoms with van der Waals surface area (Å²) < 4.78 is 2.05. The van der Waals surface area contributed by atoms with Crippen LogP contribution in [0.25, 0.3) is 16.7 Å². The second-order valence-corrected chi connectivity index (χ2v) is 5.44. The van der Waals surface area contributed by atoms with Gasteiger partial charge in [0, 0.05) is 17.5 Å². The van der Waals surface area contributed by atoms with Crippen molar-refractivity contribution in [3.05, 3.63) is 84.7 Å². The fourth-order valence-corrected chi connectivity index (χ4v) is 2.62. The molecule has 0 saturated heterocycles. The van der Waals surface area contributed by atoms with Crippen molar-refractivity contribution in [2.45, 2.75) is 0 Å². The molecule has 4 aromatic rings. The first-order chi connectivity index (χ1) is 11.8. The normalized spacial score (nSPS) is 11.3. The lowest BCUT2D eigenvalue weighted by Crippen LogP contribution is -1.90. The van der Waals surface area contributed by atoms with Gasteiger partial charge in [-0.25, -0.2) is 4.98 Å². The Morgan fingerprint density at radius 3 is 2.54 bits per heavy atom. The van der Waals surface area contributed by atoms with E-state index >= 15 is 0 Å². The number of benzene rings is 3. The van der Waals surface area contributed by atoms with Gasteiger partial charge in [0.2, 0.25) is 0 Å². The van der Waals surface area contributed by atoms with Gasteiger partial charge in [-0.2, -0.15) is 0 Å². The zero-order chi connectivity index (χ0) is 16.4. The fraction of sp³-hybridized carbons (Fsp3) is 0. The number of para-hydroxylation sites is 2. The molecule has 1 aromatic heterocycles. The molecule has 0 spiro atoms. The van der Waals surface area contributed by atoms with Gasteiger partial charge in [0.25, 0.3) is 0 Å². The van der Waals surface area contributed by atoms with E-state index in [0.29, 0.717) is 5.56 Å². The average Bonchev–Trinajstić information content (AvgIpc) is 3.05. The van der Waals surface area contributed by atoms with Crippen LogP contribution in [0.4, 0.5) is 5.69 Å². The molecule has 0 radical (unpaired) electrons. The summed E-state index contributed by atoms with van der Waals surface area (Å²) in [4.78, 5) is 8.90. The molecular formula is C20H15N3O. The number of phenolic OH excluding ortho intramolecular Hbond substituents is 1. The van der Waals surface area contributed by atoms with E-state index in [0.717, 1.165) is 22.4 Å². The molecule has 4 rings (SSSR count). The highest BCUT2D eigenvalue weighted by Crippen LogP contribution is 2.23. The number of fused-ring (bicyclic) bond motifs is 1. The van der Waals surface area contributed by atoms with E-state index in [1.165, 1.54) is 0 Å². The van der Waals surface area contributed by atoms with Crippen LogP contribution in [0.5, 0.6) is 5.75 Å². The molecule has 0 aliphatic rings. The Bertz CT molecular complexity index is 1020. The van der Waals surface area contributed by atoms with E-state index in [9.17, 15) is 5.11 Å². The summed E-state index contributed by atoms with van der Waals surface area (Å²) >= 11 is 0. The largest absolute Gasteiger partial charge is 0.507 e. The van der Waals surface area contributed by atoms with Crippen LogP contribution >= 0.6 is 0 Å². The van der Waals surface area contributed by atoms with Gasteiger partial charge in [-0.3, -0.25) is 9.56 Å². The predicted molar refractivity (Wildman–Crippen MR) is 96.4 cm³/mol. The molecule has 4 heteroatoms. The minimum atomic E-state index is 0.218. The molecule has 1 N–H and O–H groups in total. The van der Waals surface area contributed by atoms with Crippen LogP contribution in [0, 0.1) is 0 Å². The molecule has 24 heavy (non-hydrogen) atoms. The standard InChI is InChI=1S/C20H15N3O/c24-20-9-5-4-6-15(20)13-21-16-10-11-19-18(12-16)22-14-23(19)17-7-2-1-3-8-17/h1-14,24H. The molecule has 0 saturated carbocycles. The maximum absolute atomic E-state index is 9.78. The van der Waals surface area contributed by atoms with E-state index in [1.54, 1.807) is 18.3 Å². The molecule has 0 unspecified atom stereocenters. The van der Waals surface area contributed by atoms with Crippen LogP contribution in [0.15, 0.2) is 84.1 Å².